The highest BCUT2D eigenvalue weighted by atomic mass is 79.9. The van der Waals surface area contributed by atoms with Crippen LogP contribution in [0.15, 0.2) is 40.9 Å². The lowest BCUT2D eigenvalue weighted by molar-refractivity contribution is 0.0985. The number of halogens is 3. The quantitative estimate of drug-likeness (QED) is 0.486. The minimum atomic E-state index is -0.211. The Bertz CT molecular complexity index is 961. The number of thiazole rings is 1. The Balaban J connectivity index is 2.03. The van der Waals surface area contributed by atoms with Gasteiger partial charge in [0.2, 0.25) is 0 Å². The summed E-state index contributed by atoms with van der Waals surface area (Å²) in [5, 5.41) is 1.48. The Morgan fingerprint density at radius 1 is 1.15 bits per heavy atom. The van der Waals surface area contributed by atoms with Gasteiger partial charge in [-0.2, -0.15) is 0 Å². The van der Waals surface area contributed by atoms with Crippen LogP contribution < -0.4 is 4.90 Å². The molecule has 1 heterocycles. The molecule has 0 saturated carbocycles. The van der Waals surface area contributed by atoms with Gasteiger partial charge in [0.15, 0.2) is 5.13 Å². The molecule has 0 aliphatic carbocycles. The highest BCUT2D eigenvalue weighted by Gasteiger charge is 2.23. The lowest BCUT2D eigenvalue weighted by Crippen LogP contribution is -2.36. The highest BCUT2D eigenvalue weighted by Crippen LogP contribution is 2.32. The zero-order valence-electron chi connectivity index (χ0n) is 14.2. The van der Waals surface area contributed by atoms with E-state index in [9.17, 15) is 4.79 Å². The molecule has 1 aromatic heterocycles. The van der Waals surface area contributed by atoms with E-state index in [1.807, 2.05) is 37.2 Å². The number of anilines is 1. The molecule has 0 spiro atoms. The van der Waals surface area contributed by atoms with Crippen LogP contribution in [0.1, 0.15) is 10.4 Å². The molecule has 2 aromatic carbocycles. The molecule has 0 unspecified atom stereocenters. The first kappa shape index (κ1) is 19.6. The number of hydrogen-bond donors (Lipinski definition) is 0. The first-order valence-corrected chi connectivity index (χ1v) is 10.2. The third kappa shape index (κ3) is 4.38. The molecular formula is C18H16BrCl2N3OS. The maximum atomic E-state index is 13.2. The van der Waals surface area contributed by atoms with Crippen LogP contribution in [0.4, 0.5) is 5.13 Å². The van der Waals surface area contributed by atoms with Crippen molar-refractivity contribution in [3.05, 3.63) is 56.5 Å². The smallest absolute Gasteiger partial charge is 0.261 e. The van der Waals surface area contributed by atoms with Crippen molar-refractivity contribution < 1.29 is 4.79 Å². The third-order valence-electron chi connectivity index (χ3n) is 3.74. The van der Waals surface area contributed by atoms with Gasteiger partial charge in [0, 0.05) is 22.6 Å². The van der Waals surface area contributed by atoms with Gasteiger partial charge in [-0.25, -0.2) is 4.98 Å². The molecule has 8 heteroatoms. The second-order valence-corrected chi connectivity index (χ2v) is 8.76. The van der Waals surface area contributed by atoms with E-state index in [1.165, 1.54) is 11.3 Å². The number of carbonyl (C=O) groups excluding carboxylic acids is 1. The SMILES string of the molecule is CN(C)CCN(C(=O)c1cc(Cl)ccc1Cl)c1nc2ccc(Br)cc2s1. The largest absolute Gasteiger partial charge is 0.308 e. The van der Waals surface area contributed by atoms with Crippen molar-refractivity contribution in [3.8, 4) is 0 Å². The van der Waals surface area contributed by atoms with Crippen molar-refractivity contribution in [2.75, 3.05) is 32.1 Å². The molecule has 0 N–H and O–H groups in total. The summed E-state index contributed by atoms with van der Waals surface area (Å²) >= 11 is 17.3. The zero-order valence-corrected chi connectivity index (χ0v) is 18.1. The molecule has 0 atom stereocenters. The Morgan fingerprint density at radius 3 is 2.65 bits per heavy atom. The number of benzene rings is 2. The lowest BCUT2D eigenvalue weighted by Gasteiger charge is -2.22. The van der Waals surface area contributed by atoms with Gasteiger partial charge in [0.05, 0.1) is 20.8 Å². The maximum absolute atomic E-state index is 13.2. The summed E-state index contributed by atoms with van der Waals surface area (Å²) in [6.45, 7) is 1.19. The topological polar surface area (TPSA) is 36.4 Å². The van der Waals surface area contributed by atoms with Crippen molar-refractivity contribution in [1.82, 2.24) is 9.88 Å². The van der Waals surface area contributed by atoms with Gasteiger partial charge in [0.25, 0.3) is 5.91 Å². The van der Waals surface area contributed by atoms with Crippen molar-refractivity contribution in [2.45, 2.75) is 0 Å². The van der Waals surface area contributed by atoms with Crippen LogP contribution in [0.3, 0.4) is 0 Å². The van der Waals surface area contributed by atoms with Crippen molar-refractivity contribution >= 4 is 71.7 Å². The van der Waals surface area contributed by atoms with Crippen molar-refractivity contribution in [3.63, 3.8) is 0 Å². The van der Waals surface area contributed by atoms with Crippen molar-refractivity contribution in [1.29, 1.82) is 0 Å². The molecule has 0 saturated heterocycles. The minimum Gasteiger partial charge on any atom is -0.308 e. The van der Waals surface area contributed by atoms with Crippen molar-refractivity contribution in [2.24, 2.45) is 0 Å². The van der Waals surface area contributed by atoms with E-state index in [0.717, 1.165) is 14.7 Å². The first-order valence-electron chi connectivity index (χ1n) is 7.83. The van der Waals surface area contributed by atoms with Gasteiger partial charge >= 0.3 is 0 Å². The second kappa shape index (κ2) is 8.23. The Labute approximate surface area is 174 Å². The number of rotatable bonds is 5. The van der Waals surface area contributed by atoms with Crippen LogP contribution in [0.2, 0.25) is 10.0 Å². The first-order chi connectivity index (χ1) is 12.3. The monoisotopic (exact) mass is 471 g/mol. The summed E-state index contributed by atoms with van der Waals surface area (Å²) < 4.78 is 1.98. The van der Waals surface area contributed by atoms with Crippen LogP contribution in [-0.4, -0.2) is 43.0 Å². The van der Waals surface area contributed by atoms with Gasteiger partial charge < -0.3 is 4.90 Å². The molecule has 0 radical (unpaired) electrons. The number of amides is 1. The zero-order chi connectivity index (χ0) is 18.8. The summed E-state index contributed by atoms with van der Waals surface area (Å²) in [7, 11) is 3.93. The van der Waals surface area contributed by atoms with E-state index in [2.05, 4.69) is 20.9 Å². The van der Waals surface area contributed by atoms with E-state index in [4.69, 9.17) is 23.2 Å². The molecule has 136 valence electrons. The van der Waals surface area contributed by atoms with E-state index in [0.29, 0.717) is 33.8 Å². The molecule has 0 bridgehead atoms. The Morgan fingerprint density at radius 2 is 1.92 bits per heavy atom. The van der Waals surface area contributed by atoms with E-state index >= 15 is 0 Å². The fraction of sp³-hybridized carbons (Fsp3) is 0.222. The number of fused-ring (bicyclic) bond motifs is 1. The second-order valence-electron chi connectivity index (χ2n) is 5.99. The molecule has 26 heavy (non-hydrogen) atoms. The predicted octanol–water partition coefficient (Wildman–Crippen LogP) is 5.57. The fourth-order valence-electron chi connectivity index (χ4n) is 2.39. The molecule has 0 fully saturated rings. The number of aromatic nitrogens is 1. The van der Waals surface area contributed by atoms with Crippen LogP contribution in [0.5, 0.6) is 0 Å². The van der Waals surface area contributed by atoms with E-state index in [1.54, 1.807) is 23.1 Å². The van der Waals surface area contributed by atoms with Crippen LogP contribution in [0, 0.1) is 0 Å². The lowest BCUT2D eigenvalue weighted by atomic mass is 10.2. The Hall–Kier alpha value is -1.18. The molecule has 3 rings (SSSR count). The van der Waals surface area contributed by atoms with Gasteiger partial charge in [-0.3, -0.25) is 9.69 Å². The number of nitrogens with zero attached hydrogens (tertiary/aromatic N) is 3. The predicted molar refractivity (Wildman–Crippen MR) is 114 cm³/mol. The number of carbonyl (C=O) groups is 1. The van der Waals surface area contributed by atoms with E-state index < -0.39 is 0 Å². The van der Waals surface area contributed by atoms with Crippen LogP contribution in [0.25, 0.3) is 10.2 Å². The van der Waals surface area contributed by atoms with Gasteiger partial charge in [0.1, 0.15) is 0 Å². The summed E-state index contributed by atoms with van der Waals surface area (Å²) in [6, 6.07) is 10.8. The minimum absolute atomic E-state index is 0.211. The third-order valence-corrected chi connectivity index (χ3v) is 5.84. The number of likely N-dealkylation sites (N-methyl/N-ethyl adjacent to an activating group) is 1. The average molecular weight is 473 g/mol. The van der Waals surface area contributed by atoms with Crippen LogP contribution in [-0.2, 0) is 0 Å². The van der Waals surface area contributed by atoms with E-state index in [-0.39, 0.29) is 5.91 Å². The molecule has 3 aromatic rings. The van der Waals surface area contributed by atoms with Crippen LogP contribution >= 0.6 is 50.5 Å². The summed E-state index contributed by atoms with van der Waals surface area (Å²) in [5.74, 6) is -0.211. The van der Waals surface area contributed by atoms with Gasteiger partial charge in [-0.1, -0.05) is 50.5 Å². The summed E-state index contributed by atoms with van der Waals surface area (Å²) in [5.41, 5.74) is 1.23. The Kier molecular flexibility index (Phi) is 6.20. The fourth-order valence-corrected chi connectivity index (χ4v) is 4.30. The average Bonchev–Trinajstić information content (AvgIpc) is 2.99. The standard InChI is InChI=1S/C18H16BrCl2N3OS/c1-23(2)7-8-24(17(25)13-10-12(20)4-5-14(13)21)18-22-15-6-3-11(19)9-16(15)26-18/h3-6,9-10H,7-8H2,1-2H3. The van der Waals surface area contributed by atoms with Gasteiger partial charge in [-0.15, -0.1) is 0 Å². The molecular weight excluding hydrogens is 457 g/mol. The molecule has 0 aliphatic rings. The molecule has 1 amide bonds. The molecule has 0 aliphatic heterocycles. The summed E-state index contributed by atoms with van der Waals surface area (Å²) in [4.78, 5) is 21.5. The molecule has 4 nitrogen and oxygen atoms in total. The highest BCUT2D eigenvalue weighted by molar-refractivity contribution is 9.10. The normalized spacial score (nSPS) is 11.3. The maximum Gasteiger partial charge on any atom is 0.261 e. The summed E-state index contributed by atoms with van der Waals surface area (Å²) in [6.07, 6.45) is 0. The van der Waals surface area contributed by atoms with Gasteiger partial charge in [-0.05, 0) is 50.5 Å². The number of hydrogen-bond acceptors (Lipinski definition) is 4.